The first-order valence-corrected chi connectivity index (χ1v) is 5.34. The summed E-state index contributed by atoms with van der Waals surface area (Å²) in [7, 11) is 2.88. The molecule has 1 rings (SSSR count). The predicted octanol–water partition coefficient (Wildman–Crippen LogP) is 0.982. The van der Waals surface area contributed by atoms with E-state index in [1.165, 1.54) is 20.4 Å². The largest absolute Gasteiger partial charge is 0.490 e. The minimum atomic E-state index is -1.07. The second kappa shape index (κ2) is 6.04. The average molecular weight is 256 g/mol. The lowest BCUT2D eigenvalue weighted by Crippen LogP contribution is -2.32. The van der Waals surface area contributed by atoms with Gasteiger partial charge in [0.25, 0.3) is 5.88 Å². The molecule has 100 valence electrons. The molecule has 0 aliphatic heterocycles. The molecular weight excluding hydrogens is 240 g/mol. The monoisotopic (exact) mass is 256 g/mol. The summed E-state index contributed by atoms with van der Waals surface area (Å²) in [5.74, 6) is -0.737. The van der Waals surface area contributed by atoms with Gasteiger partial charge in [0.2, 0.25) is 6.10 Å². The maximum absolute atomic E-state index is 11.0. The molecule has 0 spiro atoms. The van der Waals surface area contributed by atoms with Crippen molar-refractivity contribution in [2.24, 2.45) is 5.92 Å². The van der Waals surface area contributed by atoms with E-state index in [9.17, 15) is 4.79 Å². The summed E-state index contributed by atoms with van der Waals surface area (Å²) in [6.07, 6.45) is 0.350. The Hall–Kier alpha value is -2.05. The zero-order valence-corrected chi connectivity index (χ0v) is 10.7. The number of hydrogen-bond donors (Lipinski definition) is 1. The Bertz CT molecular complexity index is 422. The van der Waals surface area contributed by atoms with Crippen molar-refractivity contribution < 1.29 is 24.1 Å². The number of carbonyl (C=O) groups is 1. The van der Waals surface area contributed by atoms with Crippen molar-refractivity contribution in [3.63, 3.8) is 0 Å². The van der Waals surface area contributed by atoms with Crippen molar-refractivity contribution in [1.29, 1.82) is 0 Å². The average Bonchev–Trinajstić information content (AvgIpc) is 2.34. The predicted molar refractivity (Wildman–Crippen MR) is 62.0 cm³/mol. The van der Waals surface area contributed by atoms with Crippen molar-refractivity contribution in [2.45, 2.75) is 20.0 Å². The van der Waals surface area contributed by atoms with Crippen molar-refractivity contribution in [1.82, 2.24) is 9.97 Å². The molecule has 0 saturated carbocycles. The fourth-order valence-electron chi connectivity index (χ4n) is 1.27. The maximum atomic E-state index is 11.0. The number of methoxy groups -OCH3 is 2. The van der Waals surface area contributed by atoms with Crippen LogP contribution in [0.2, 0.25) is 0 Å². The molecule has 7 nitrogen and oxygen atoms in total. The van der Waals surface area contributed by atoms with Gasteiger partial charge >= 0.3 is 12.0 Å². The lowest BCUT2D eigenvalue weighted by Gasteiger charge is -2.17. The highest BCUT2D eigenvalue weighted by Crippen LogP contribution is 2.25. The van der Waals surface area contributed by atoms with Gasteiger partial charge in [-0.05, 0) is 0 Å². The Balaban J connectivity index is 2.93. The lowest BCUT2D eigenvalue weighted by molar-refractivity contribution is -0.147. The number of aromatic nitrogens is 2. The second-order valence-corrected chi connectivity index (χ2v) is 3.85. The molecule has 0 bridgehead atoms. The van der Waals surface area contributed by atoms with E-state index in [4.69, 9.17) is 19.3 Å². The first-order valence-electron chi connectivity index (χ1n) is 5.34. The summed E-state index contributed by atoms with van der Waals surface area (Å²) in [5, 5.41) is 9.00. The van der Waals surface area contributed by atoms with Crippen LogP contribution in [0, 0.1) is 5.92 Å². The topological polar surface area (TPSA) is 90.8 Å². The molecule has 1 unspecified atom stereocenters. The van der Waals surface area contributed by atoms with Crippen LogP contribution < -0.4 is 14.2 Å². The molecule has 1 N–H and O–H groups in total. The Morgan fingerprint density at radius 1 is 1.33 bits per heavy atom. The Morgan fingerprint density at radius 3 is 2.44 bits per heavy atom. The summed E-state index contributed by atoms with van der Waals surface area (Å²) in [4.78, 5) is 18.8. The standard InChI is InChI=1S/C11H16N2O5/c1-6(2)8(10(14)15)18-11-12-5-7(16-3)9(13-11)17-4/h5-6,8H,1-4H3,(H,14,15). The third-order valence-corrected chi connectivity index (χ3v) is 2.19. The molecule has 18 heavy (non-hydrogen) atoms. The van der Waals surface area contributed by atoms with Gasteiger partial charge < -0.3 is 19.3 Å². The van der Waals surface area contributed by atoms with Gasteiger partial charge in [0.15, 0.2) is 5.75 Å². The van der Waals surface area contributed by atoms with Crippen LogP contribution in [0.1, 0.15) is 13.8 Å². The van der Waals surface area contributed by atoms with E-state index in [-0.39, 0.29) is 17.8 Å². The highest BCUT2D eigenvalue weighted by atomic mass is 16.5. The number of aliphatic carboxylic acids is 1. The maximum Gasteiger partial charge on any atom is 0.345 e. The number of hydrogen-bond acceptors (Lipinski definition) is 6. The lowest BCUT2D eigenvalue weighted by atomic mass is 10.1. The Kier molecular flexibility index (Phi) is 4.70. The molecule has 0 fully saturated rings. The first-order chi connectivity index (χ1) is 8.49. The van der Waals surface area contributed by atoms with Crippen LogP contribution in [-0.4, -0.2) is 41.4 Å². The van der Waals surface area contributed by atoms with E-state index >= 15 is 0 Å². The molecule has 0 amide bonds. The molecule has 0 saturated heterocycles. The second-order valence-electron chi connectivity index (χ2n) is 3.85. The molecule has 0 aliphatic rings. The van der Waals surface area contributed by atoms with Gasteiger partial charge in [0.05, 0.1) is 20.4 Å². The van der Waals surface area contributed by atoms with Gasteiger partial charge in [-0.25, -0.2) is 4.79 Å². The summed E-state index contributed by atoms with van der Waals surface area (Å²) in [6, 6.07) is -0.0613. The van der Waals surface area contributed by atoms with Crippen LogP contribution in [0.3, 0.4) is 0 Å². The molecule has 1 heterocycles. The zero-order valence-electron chi connectivity index (χ0n) is 10.7. The van der Waals surface area contributed by atoms with Gasteiger partial charge in [-0.15, -0.1) is 0 Å². The number of carboxylic acids is 1. The number of nitrogens with zero attached hydrogens (tertiary/aromatic N) is 2. The summed E-state index contributed by atoms with van der Waals surface area (Å²) >= 11 is 0. The molecule has 1 aromatic rings. The van der Waals surface area contributed by atoms with Crippen LogP contribution in [0.5, 0.6) is 17.6 Å². The van der Waals surface area contributed by atoms with Crippen LogP contribution in [0.15, 0.2) is 6.20 Å². The summed E-state index contributed by atoms with van der Waals surface area (Å²) < 4.78 is 15.2. The van der Waals surface area contributed by atoms with E-state index < -0.39 is 12.1 Å². The number of ether oxygens (including phenoxy) is 3. The van der Waals surface area contributed by atoms with Gasteiger partial charge in [0, 0.05) is 5.92 Å². The molecule has 1 aromatic heterocycles. The van der Waals surface area contributed by atoms with Crippen molar-refractivity contribution in [2.75, 3.05) is 14.2 Å². The normalized spacial score (nSPS) is 12.1. The fraction of sp³-hybridized carbons (Fsp3) is 0.545. The molecule has 1 atom stereocenters. The summed E-state index contributed by atoms with van der Waals surface area (Å²) in [6.45, 7) is 3.47. The first kappa shape index (κ1) is 14.0. The van der Waals surface area contributed by atoms with Crippen molar-refractivity contribution in [3.8, 4) is 17.6 Å². The highest BCUT2D eigenvalue weighted by molar-refractivity contribution is 5.72. The smallest absolute Gasteiger partial charge is 0.345 e. The van der Waals surface area contributed by atoms with Crippen molar-refractivity contribution in [3.05, 3.63) is 6.20 Å². The van der Waals surface area contributed by atoms with E-state index in [0.29, 0.717) is 5.75 Å². The van der Waals surface area contributed by atoms with Crippen LogP contribution >= 0.6 is 0 Å². The summed E-state index contributed by atoms with van der Waals surface area (Å²) in [5.41, 5.74) is 0. The molecule has 0 radical (unpaired) electrons. The fourth-order valence-corrected chi connectivity index (χ4v) is 1.27. The molecule has 0 aromatic carbocycles. The Labute approximate surface area is 105 Å². The SMILES string of the molecule is COc1cnc(OC(C(=O)O)C(C)C)nc1OC. The molecule has 7 heteroatoms. The van der Waals surface area contributed by atoms with E-state index in [0.717, 1.165) is 0 Å². The molecule has 0 aliphatic carbocycles. The third-order valence-electron chi connectivity index (χ3n) is 2.19. The Morgan fingerprint density at radius 2 is 2.00 bits per heavy atom. The van der Waals surface area contributed by atoms with Crippen LogP contribution in [0.4, 0.5) is 0 Å². The molecular formula is C11H16N2O5. The van der Waals surface area contributed by atoms with Gasteiger partial charge in [-0.1, -0.05) is 13.8 Å². The third kappa shape index (κ3) is 3.22. The van der Waals surface area contributed by atoms with Gasteiger partial charge in [-0.3, -0.25) is 0 Å². The number of rotatable bonds is 6. The minimum Gasteiger partial charge on any atom is -0.490 e. The van der Waals surface area contributed by atoms with Crippen LogP contribution in [0.25, 0.3) is 0 Å². The van der Waals surface area contributed by atoms with Crippen LogP contribution in [-0.2, 0) is 4.79 Å². The van der Waals surface area contributed by atoms with Crippen molar-refractivity contribution >= 4 is 5.97 Å². The quantitative estimate of drug-likeness (QED) is 0.811. The van der Waals surface area contributed by atoms with E-state index in [2.05, 4.69) is 9.97 Å². The van der Waals surface area contributed by atoms with E-state index in [1.54, 1.807) is 13.8 Å². The number of carboxylic acid groups (broad SMARTS) is 1. The van der Waals surface area contributed by atoms with Gasteiger partial charge in [-0.2, -0.15) is 9.97 Å². The minimum absolute atomic E-state index is 0.0613. The highest BCUT2D eigenvalue weighted by Gasteiger charge is 2.25. The zero-order chi connectivity index (χ0) is 13.7. The van der Waals surface area contributed by atoms with E-state index in [1.807, 2.05) is 0 Å². The van der Waals surface area contributed by atoms with Gasteiger partial charge in [0.1, 0.15) is 0 Å².